The van der Waals surface area contributed by atoms with Gasteiger partial charge in [0.25, 0.3) is 0 Å². The van der Waals surface area contributed by atoms with E-state index in [2.05, 4.69) is 15.3 Å². The molecule has 0 aliphatic heterocycles. The standard InChI is InChI=1S/C17H15N3OS/c1-12-5-2-3-7-15(12)20-16(21)9-14-11-22-17(19-14)13-6-4-8-18-10-13/h2-8,10-11H,9H2,1H3,(H,20,21). The molecule has 4 nitrogen and oxygen atoms in total. The second-order valence-corrected chi connectivity index (χ2v) is 5.78. The molecule has 0 radical (unpaired) electrons. The van der Waals surface area contributed by atoms with Crippen LogP contribution in [0.25, 0.3) is 10.6 Å². The average molecular weight is 309 g/mol. The summed E-state index contributed by atoms with van der Waals surface area (Å²) in [7, 11) is 0. The third-order valence-electron chi connectivity index (χ3n) is 3.22. The van der Waals surface area contributed by atoms with Gasteiger partial charge in [-0.2, -0.15) is 0 Å². The van der Waals surface area contributed by atoms with Crippen LogP contribution in [0.4, 0.5) is 5.69 Å². The van der Waals surface area contributed by atoms with E-state index in [9.17, 15) is 4.79 Å². The van der Waals surface area contributed by atoms with Crippen molar-refractivity contribution in [1.82, 2.24) is 9.97 Å². The van der Waals surface area contributed by atoms with Crippen molar-refractivity contribution in [3.63, 3.8) is 0 Å². The maximum Gasteiger partial charge on any atom is 0.230 e. The Balaban J connectivity index is 1.68. The molecular weight excluding hydrogens is 294 g/mol. The van der Waals surface area contributed by atoms with Crippen LogP contribution in [0, 0.1) is 6.92 Å². The monoisotopic (exact) mass is 309 g/mol. The van der Waals surface area contributed by atoms with Crippen LogP contribution in [-0.2, 0) is 11.2 Å². The van der Waals surface area contributed by atoms with E-state index < -0.39 is 0 Å². The van der Waals surface area contributed by atoms with Gasteiger partial charge in [-0.3, -0.25) is 9.78 Å². The van der Waals surface area contributed by atoms with Gasteiger partial charge in [-0.1, -0.05) is 18.2 Å². The lowest BCUT2D eigenvalue weighted by Crippen LogP contribution is -2.15. The molecule has 110 valence electrons. The fourth-order valence-electron chi connectivity index (χ4n) is 2.08. The number of anilines is 1. The van der Waals surface area contributed by atoms with Gasteiger partial charge in [0.05, 0.1) is 12.1 Å². The topological polar surface area (TPSA) is 54.9 Å². The summed E-state index contributed by atoms with van der Waals surface area (Å²) in [4.78, 5) is 20.7. The van der Waals surface area contributed by atoms with Crippen LogP contribution in [0.2, 0.25) is 0 Å². The molecule has 5 heteroatoms. The number of amides is 1. The number of rotatable bonds is 4. The van der Waals surface area contributed by atoms with Crippen molar-refractivity contribution in [3.8, 4) is 10.6 Å². The number of para-hydroxylation sites is 1. The molecule has 0 saturated carbocycles. The molecule has 0 bridgehead atoms. The maximum absolute atomic E-state index is 12.1. The Labute approximate surface area is 132 Å². The first-order valence-electron chi connectivity index (χ1n) is 6.92. The van der Waals surface area contributed by atoms with E-state index in [0.29, 0.717) is 0 Å². The zero-order valence-corrected chi connectivity index (χ0v) is 12.9. The summed E-state index contributed by atoms with van der Waals surface area (Å²) in [5.41, 5.74) is 3.63. The molecule has 0 spiro atoms. The Morgan fingerprint density at radius 3 is 2.86 bits per heavy atom. The fourth-order valence-corrected chi connectivity index (χ4v) is 2.89. The SMILES string of the molecule is Cc1ccccc1NC(=O)Cc1csc(-c2cccnc2)n1. The molecule has 1 N–H and O–H groups in total. The van der Waals surface area contributed by atoms with Crippen LogP contribution < -0.4 is 5.32 Å². The highest BCUT2D eigenvalue weighted by Crippen LogP contribution is 2.23. The smallest absolute Gasteiger partial charge is 0.230 e. The third kappa shape index (κ3) is 3.38. The number of carbonyl (C=O) groups excluding carboxylic acids is 1. The highest BCUT2D eigenvalue weighted by atomic mass is 32.1. The third-order valence-corrected chi connectivity index (χ3v) is 4.16. The largest absolute Gasteiger partial charge is 0.326 e. The van der Waals surface area contributed by atoms with E-state index in [1.165, 1.54) is 11.3 Å². The molecular formula is C17H15N3OS. The summed E-state index contributed by atoms with van der Waals surface area (Å²) in [6.45, 7) is 1.97. The maximum atomic E-state index is 12.1. The molecule has 0 atom stereocenters. The molecule has 2 aromatic heterocycles. The lowest BCUT2D eigenvalue weighted by molar-refractivity contribution is -0.115. The van der Waals surface area contributed by atoms with Gasteiger partial charge in [0, 0.05) is 29.0 Å². The first-order chi connectivity index (χ1) is 10.7. The number of hydrogen-bond acceptors (Lipinski definition) is 4. The van der Waals surface area contributed by atoms with E-state index in [1.54, 1.807) is 12.4 Å². The van der Waals surface area contributed by atoms with E-state index >= 15 is 0 Å². The first kappa shape index (κ1) is 14.4. The van der Waals surface area contributed by atoms with Gasteiger partial charge in [0.15, 0.2) is 0 Å². The number of aromatic nitrogens is 2. The van der Waals surface area contributed by atoms with Crippen LogP contribution in [0.15, 0.2) is 54.2 Å². The van der Waals surface area contributed by atoms with E-state index in [-0.39, 0.29) is 12.3 Å². The number of nitrogens with zero attached hydrogens (tertiary/aromatic N) is 2. The van der Waals surface area contributed by atoms with Crippen LogP contribution >= 0.6 is 11.3 Å². The second-order valence-electron chi connectivity index (χ2n) is 4.93. The van der Waals surface area contributed by atoms with Crippen LogP contribution in [0.3, 0.4) is 0 Å². The van der Waals surface area contributed by atoms with E-state index in [1.807, 2.05) is 48.7 Å². The number of thiazole rings is 1. The Morgan fingerprint density at radius 2 is 2.09 bits per heavy atom. The number of carbonyl (C=O) groups is 1. The van der Waals surface area contributed by atoms with Gasteiger partial charge in [-0.15, -0.1) is 11.3 Å². The predicted molar refractivity (Wildman–Crippen MR) is 88.9 cm³/mol. The minimum Gasteiger partial charge on any atom is -0.326 e. The van der Waals surface area contributed by atoms with Gasteiger partial charge in [0.1, 0.15) is 5.01 Å². The summed E-state index contributed by atoms with van der Waals surface area (Å²) in [6, 6.07) is 11.6. The minimum atomic E-state index is -0.0580. The van der Waals surface area contributed by atoms with Crippen molar-refractivity contribution in [2.75, 3.05) is 5.32 Å². The first-order valence-corrected chi connectivity index (χ1v) is 7.80. The molecule has 1 aromatic carbocycles. The summed E-state index contributed by atoms with van der Waals surface area (Å²) in [5, 5.41) is 5.72. The summed E-state index contributed by atoms with van der Waals surface area (Å²) in [6.07, 6.45) is 3.77. The van der Waals surface area contributed by atoms with Crippen molar-refractivity contribution in [1.29, 1.82) is 0 Å². The molecule has 0 aliphatic rings. The Morgan fingerprint density at radius 1 is 1.23 bits per heavy atom. The van der Waals surface area contributed by atoms with Gasteiger partial charge in [-0.05, 0) is 30.7 Å². The normalized spacial score (nSPS) is 10.4. The second kappa shape index (κ2) is 6.49. The summed E-state index contributed by atoms with van der Waals surface area (Å²) in [5.74, 6) is -0.0580. The lowest BCUT2D eigenvalue weighted by atomic mass is 10.2. The zero-order chi connectivity index (χ0) is 15.4. The van der Waals surface area contributed by atoms with Gasteiger partial charge >= 0.3 is 0 Å². The fraction of sp³-hybridized carbons (Fsp3) is 0.118. The Hall–Kier alpha value is -2.53. The molecule has 2 heterocycles. The Bertz CT molecular complexity index is 783. The molecule has 0 fully saturated rings. The minimum absolute atomic E-state index is 0.0580. The molecule has 0 unspecified atom stereocenters. The summed E-state index contributed by atoms with van der Waals surface area (Å²) < 4.78 is 0. The zero-order valence-electron chi connectivity index (χ0n) is 12.1. The van der Waals surface area contributed by atoms with Crippen molar-refractivity contribution < 1.29 is 4.79 Å². The summed E-state index contributed by atoms with van der Waals surface area (Å²) >= 11 is 1.52. The highest BCUT2D eigenvalue weighted by Gasteiger charge is 2.10. The molecule has 22 heavy (non-hydrogen) atoms. The average Bonchev–Trinajstić information content (AvgIpc) is 2.99. The van der Waals surface area contributed by atoms with Crippen LogP contribution in [0.5, 0.6) is 0 Å². The quantitative estimate of drug-likeness (QED) is 0.799. The highest BCUT2D eigenvalue weighted by molar-refractivity contribution is 7.13. The molecule has 0 saturated heterocycles. The van der Waals surface area contributed by atoms with Crippen molar-refractivity contribution in [2.45, 2.75) is 13.3 Å². The number of nitrogens with one attached hydrogen (secondary N) is 1. The van der Waals surface area contributed by atoms with E-state index in [0.717, 1.165) is 27.5 Å². The van der Waals surface area contributed by atoms with Gasteiger partial charge in [-0.25, -0.2) is 4.98 Å². The number of benzene rings is 1. The van der Waals surface area contributed by atoms with Crippen molar-refractivity contribution in [2.24, 2.45) is 0 Å². The predicted octanol–water partition coefficient (Wildman–Crippen LogP) is 3.69. The Kier molecular flexibility index (Phi) is 4.25. The molecule has 0 aliphatic carbocycles. The van der Waals surface area contributed by atoms with Crippen molar-refractivity contribution >= 4 is 22.9 Å². The molecule has 3 rings (SSSR count). The molecule has 3 aromatic rings. The van der Waals surface area contributed by atoms with Gasteiger partial charge < -0.3 is 5.32 Å². The van der Waals surface area contributed by atoms with Crippen molar-refractivity contribution in [3.05, 3.63) is 65.4 Å². The molecule has 1 amide bonds. The van der Waals surface area contributed by atoms with E-state index in [4.69, 9.17) is 0 Å². The van der Waals surface area contributed by atoms with Crippen LogP contribution in [-0.4, -0.2) is 15.9 Å². The van der Waals surface area contributed by atoms with Crippen LogP contribution in [0.1, 0.15) is 11.3 Å². The lowest BCUT2D eigenvalue weighted by Gasteiger charge is -2.06. The number of hydrogen-bond donors (Lipinski definition) is 1. The van der Waals surface area contributed by atoms with Gasteiger partial charge in [0.2, 0.25) is 5.91 Å². The number of aryl methyl sites for hydroxylation is 1. The number of pyridine rings is 1.